The number of carbonyl (C=O) groups excluding carboxylic acids is 10. The molecule has 6 aromatic heterocycles. The van der Waals surface area contributed by atoms with Gasteiger partial charge in [0.05, 0.1) is 46.1 Å². The number of aromatic nitrogens is 5. The summed E-state index contributed by atoms with van der Waals surface area (Å²) in [6.07, 6.45) is 7.24. The van der Waals surface area contributed by atoms with Crippen LogP contribution in [0.15, 0.2) is 205 Å². The maximum Gasteiger partial charge on any atom is 0.274 e. The van der Waals surface area contributed by atoms with Crippen molar-refractivity contribution >= 4 is 114 Å². The second-order valence-electron chi connectivity index (χ2n) is 38.0. The summed E-state index contributed by atoms with van der Waals surface area (Å²) in [4.78, 5) is 133. The van der Waals surface area contributed by atoms with E-state index < -0.39 is 41.8 Å². The van der Waals surface area contributed by atoms with Gasteiger partial charge in [-0.25, -0.2) is 26.3 Å². The molecule has 147 heavy (non-hydrogen) atoms. The number of ketones is 1. The van der Waals surface area contributed by atoms with Crippen molar-refractivity contribution in [1.29, 1.82) is 0 Å². The molecule has 1 fully saturated rings. The van der Waals surface area contributed by atoms with Gasteiger partial charge in [0.1, 0.15) is 69.7 Å². The van der Waals surface area contributed by atoms with Crippen LogP contribution in [0.2, 0.25) is 5.02 Å². The molecule has 21 rings (SSSR count). The Hall–Kier alpha value is -16.2. The molecule has 1 saturated carbocycles. The smallest absolute Gasteiger partial charge is 0.274 e. The number of halogens is 2. The monoisotopic (exact) mass is 2010 g/mol. The number of aliphatic hydroxyl groups excluding tert-OH is 1. The normalized spacial score (nSPS) is 13.9. The number of rotatable bonds is 17. The number of furan rings is 1. The molecule has 9 N–H and O–H groups in total. The Labute approximate surface area is 849 Å². The van der Waals surface area contributed by atoms with Gasteiger partial charge in [-0.1, -0.05) is 74.8 Å². The number of aliphatic hydroxyl groups is 1. The van der Waals surface area contributed by atoms with Crippen LogP contribution in [0.1, 0.15) is 205 Å². The molecule has 0 spiro atoms. The van der Waals surface area contributed by atoms with Crippen LogP contribution in [0.3, 0.4) is 0 Å². The van der Waals surface area contributed by atoms with E-state index in [0.29, 0.717) is 159 Å². The number of hydroxylamine groups is 4. The summed E-state index contributed by atoms with van der Waals surface area (Å²) in [6, 6.07) is 59.3. The van der Waals surface area contributed by atoms with Crippen molar-refractivity contribution in [2.45, 2.75) is 110 Å². The fourth-order valence-corrected chi connectivity index (χ4v) is 20.1. The zero-order valence-electron chi connectivity index (χ0n) is 82.9. The third-order valence-corrected chi connectivity index (χ3v) is 28.6. The first kappa shape index (κ1) is 102. The van der Waals surface area contributed by atoms with Gasteiger partial charge >= 0.3 is 0 Å². The average molecular weight is 2020 g/mol. The SMILES string of the molecule is COc1ccc2c(c1)cc(C(=O)N1CCc3ccc(C(=O)NO)cc3CC1)n2C.COc1ccc2c(c1)cc(C(=O)N1Cc3cc(C(=O)NO)cc(Cl)c3C1)n2C.COc1ccc2c(c1)cc(C(=O)N1Cc3cc(C(=O)NO)cc(OC)c3C1)n2C.Cn1c(C(=O)N2CCc3ccc(C(=O)NO)cc3CC2)cc2oc(-c3ccc(C(C)(C)C)cc3)cc21.O=C(CO)c1ccc2c(c1F)CCN(C(=O)c1cccn1C1CC1)C2. The molecule has 36 heteroatoms. The topological polar surface area (TPSA) is 411 Å². The van der Waals surface area contributed by atoms with Crippen LogP contribution in [-0.4, -0.2) is 200 Å². The van der Waals surface area contributed by atoms with Gasteiger partial charge in [-0.15, -0.1) is 0 Å². The predicted octanol–water partition coefficient (Wildman–Crippen LogP) is 15.6. The fourth-order valence-electron chi connectivity index (χ4n) is 19.8. The van der Waals surface area contributed by atoms with Crippen LogP contribution in [0, 0.1) is 5.82 Å². The quantitative estimate of drug-likeness (QED) is 0.0232. The standard InChI is InChI=1S/C29H31N3O4.C22H23N3O4.C21H21N3O5.C20H18ClN3O4.C19H19FN2O3/c1-29(2,3)22-9-7-19(8-10-22)25-16-23-26(36-25)17-24(31(23)4)28(34)32-13-11-18-5-6-21(27(33)30-35)15-20(18)12-14-32;1-24-19-6-5-18(29-2)12-17(19)13-20(24)22(27)25-9-7-14-3-4-16(21(26)23-28)11-15(14)8-10-25;1-23-17-5-4-15(28-2)7-12(17)8-18(23)21(26)24-10-14-6-13(20(25)22-27)9-19(29-3)16(14)11-24;1-23-17-4-3-14(28-2)6-11(17)8-18(23)20(26)24-9-13-5-12(19(25)22-27)7-16(21)15(13)10-24;20-18-14-7-9-21(10-12(14)3-6-15(18)17(24)11-23)19(25)16-2-1-8-22(16)13-4-5-13/h5-10,15-17,35H,11-14H2,1-4H3,(H,30,33);3-6,11-13,28H,7-10H2,1-2H3,(H,23,26);4-9,27H,10-11H2,1-3H3,(H,22,25);3-8,27H,9-10H2,1-2H3,(H,22,25);1-3,6,8,13,23H,4-5,7,9-11H2. The van der Waals surface area contributed by atoms with Crippen LogP contribution in [-0.2, 0) is 98.4 Å². The Bertz CT molecular complexity index is 7750. The first-order valence-corrected chi connectivity index (χ1v) is 48.2. The number of amides is 9. The molecular weight excluding hydrogens is 1900 g/mol. The molecule has 0 saturated heterocycles. The third-order valence-electron chi connectivity index (χ3n) is 28.2. The van der Waals surface area contributed by atoms with Gasteiger partial charge in [0.2, 0.25) is 0 Å². The summed E-state index contributed by atoms with van der Waals surface area (Å²) in [5, 5.41) is 47.7. The van der Waals surface area contributed by atoms with Crippen molar-refractivity contribution in [3.8, 4) is 34.3 Å². The van der Waals surface area contributed by atoms with E-state index in [9.17, 15) is 52.3 Å². The van der Waals surface area contributed by atoms with E-state index in [4.69, 9.17) is 60.9 Å². The van der Waals surface area contributed by atoms with E-state index in [1.807, 2.05) is 176 Å². The van der Waals surface area contributed by atoms with Crippen molar-refractivity contribution in [1.82, 2.24) is 69.3 Å². The Morgan fingerprint density at radius 3 is 1.27 bits per heavy atom. The summed E-state index contributed by atoms with van der Waals surface area (Å²) >= 11 is 6.30. The lowest BCUT2D eigenvalue weighted by molar-refractivity contribution is 0.0701. The maximum atomic E-state index is 14.5. The second-order valence-corrected chi connectivity index (χ2v) is 38.4. The zero-order valence-corrected chi connectivity index (χ0v) is 83.7. The fraction of sp³-hybridized carbons (Fsp3) is 0.279. The predicted molar refractivity (Wildman–Crippen MR) is 545 cm³/mol. The summed E-state index contributed by atoms with van der Waals surface area (Å²) < 4.78 is 51.5. The molecule has 15 aromatic rings. The summed E-state index contributed by atoms with van der Waals surface area (Å²) in [7, 11) is 13.8. The second kappa shape index (κ2) is 43.0. The number of methoxy groups -OCH3 is 4. The number of ether oxygens (including phenoxy) is 4. The number of aryl methyl sites for hydroxylation is 4. The molecule has 0 bridgehead atoms. The first-order valence-electron chi connectivity index (χ1n) is 47.9. The van der Waals surface area contributed by atoms with Gasteiger partial charge in [0.25, 0.3) is 53.2 Å². The van der Waals surface area contributed by atoms with Crippen molar-refractivity contribution in [3.05, 3.63) is 329 Å². The average Bonchev–Trinajstić information content (AvgIpc) is 1.60. The number of nitrogens with one attached hydrogen (secondary N) is 4. The van der Waals surface area contributed by atoms with Crippen LogP contribution in [0.5, 0.6) is 23.0 Å². The van der Waals surface area contributed by atoms with Gasteiger partial charge in [-0.3, -0.25) is 68.8 Å². The Morgan fingerprint density at radius 1 is 0.401 bits per heavy atom. The highest BCUT2D eigenvalue weighted by atomic mass is 35.5. The Kier molecular flexibility index (Phi) is 29.9. The van der Waals surface area contributed by atoms with Crippen molar-refractivity contribution in [2.75, 3.05) is 67.8 Å². The van der Waals surface area contributed by atoms with Gasteiger partial charge in [0.15, 0.2) is 11.4 Å². The number of hydrogen-bond donors (Lipinski definition) is 9. The highest BCUT2D eigenvalue weighted by molar-refractivity contribution is 6.32. The van der Waals surface area contributed by atoms with E-state index in [0.717, 1.165) is 136 Å². The van der Waals surface area contributed by atoms with Gasteiger partial charge in [-0.2, -0.15) is 0 Å². The minimum absolute atomic E-state index is 0.0104. The highest BCUT2D eigenvalue weighted by Gasteiger charge is 2.37. The summed E-state index contributed by atoms with van der Waals surface area (Å²) in [5.74, 6) is -0.350. The molecule has 9 amide bonds. The van der Waals surface area contributed by atoms with E-state index in [-0.39, 0.29) is 51.6 Å². The Balaban J connectivity index is 0.000000126. The van der Waals surface area contributed by atoms with Gasteiger partial charge in [0, 0.05) is 183 Å². The molecule has 5 aliphatic heterocycles. The maximum absolute atomic E-state index is 14.5. The molecule has 34 nitrogen and oxygen atoms in total. The number of carbonyl (C=O) groups is 10. The number of Topliss-reactive ketones (excluding diaryl/α,β-unsaturated/α-hetero) is 1. The van der Waals surface area contributed by atoms with E-state index in [2.05, 4.69) is 45.0 Å². The van der Waals surface area contributed by atoms with Crippen LogP contribution < -0.4 is 40.9 Å². The molecule has 11 heterocycles. The molecular formula is C111H112ClFN14O20. The van der Waals surface area contributed by atoms with Crippen LogP contribution in [0.4, 0.5) is 4.39 Å². The molecule has 0 unspecified atom stereocenters. The number of benzene rings is 9. The van der Waals surface area contributed by atoms with E-state index in [1.54, 1.807) is 106 Å². The minimum atomic E-state index is -0.710. The lowest BCUT2D eigenvalue weighted by Crippen LogP contribution is -2.37. The molecule has 9 aromatic carbocycles. The number of nitrogens with zero attached hydrogens (tertiary/aromatic N) is 10. The number of hydrogen-bond acceptors (Lipinski definition) is 20. The lowest BCUT2D eigenvalue weighted by Gasteiger charge is -2.30. The zero-order chi connectivity index (χ0) is 104. The number of fused-ring (bicyclic) bond motifs is 9. The molecule has 0 radical (unpaired) electrons. The molecule has 1 aliphatic carbocycles. The molecule has 0 atom stereocenters. The minimum Gasteiger partial charge on any atom is -0.497 e. The third kappa shape index (κ3) is 21.0. The highest BCUT2D eigenvalue weighted by Crippen LogP contribution is 2.41. The molecule has 760 valence electrons. The van der Waals surface area contributed by atoms with E-state index >= 15 is 0 Å². The van der Waals surface area contributed by atoms with Crippen molar-refractivity contribution in [2.24, 2.45) is 28.2 Å². The first-order chi connectivity index (χ1) is 70.6. The largest absolute Gasteiger partial charge is 0.497 e. The van der Waals surface area contributed by atoms with Crippen molar-refractivity contribution in [3.63, 3.8) is 0 Å². The Morgan fingerprint density at radius 2 is 0.816 bits per heavy atom. The molecule has 6 aliphatic rings. The van der Waals surface area contributed by atoms with Gasteiger partial charge in [-0.05, 0) is 246 Å². The van der Waals surface area contributed by atoms with Crippen LogP contribution in [0.25, 0.3) is 55.1 Å². The van der Waals surface area contributed by atoms with Crippen LogP contribution >= 0.6 is 11.6 Å². The summed E-state index contributed by atoms with van der Waals surface area (Å²) in [6.45, 7) is 10.4. The lowest BCUT2D eigenvalue weighted by atomic mass is 9.86. The van der Waals surface area contributed by atoms with Gasteiger partial charge < -0.3 is 75.8 Å². The van der Waals surface area contributed by atoms with Crippen molar-refractivity contribution < 1.29 is 102 Å². The summed E-state index contributed by atoms with van der Waals surface area (Å²) in [5.41, 5.74) is 26.4. The van der Waals surface area contributed by atoms with E-state index in [1.165, 1.54) is 24.8 Å².